The van der Waals surface area contributed by atoms with Crippen molar-refractivity contribution in [3.05, 3.63) is 0 Å². The number of hydrogen-bond acceptors (Lipinski definition) is 3. The quantitative estimate of drug-likeness (QED) is 0.285. The number of nitrogens with two attached hydrogens (primary N) is 3. The number of nitrogens with one attached hydrogen (secondary N) is 1. The van der Waals surface area contributed by atoms with E-state index in [0.29, 0.717) is 0 Å². The van der Waals surface area contributed by atoms with Crippen molar-refractivity contribution in [2.75, 3.05) is 6.29 Å². The van der Waals surface area contributed by atoms with Gasteiger partial charge in [0, 0.05) is 0 Å². The molecule has 0 aromatic carbocycles. The van der Waals surface area contributed by atoms with E-state index in [9.17, 15) is 9.36 Å². The average molecular weight is 214 g/mol. The lowest BCUT2D eigenvalue weighted by atomic mass is 11.0. The molecule has 0 bridgehead atoms. The lowest BCUT2D eigenvalue weighted by Crippen LogP contribution is -2.29. The lowest BCUT2D eigenvalue weighted by Gasteiger charge is -2.01. The molecule has 0 rings (SSSR count). The minimum Gasteiger partial charge on any atom is -0.352 e. The fraction of sp³-hybridized carbons (Fsp3) is 0.333. The summed E-state index contributed by atoms with van der Waals surface area (Å²) in [6.45, 7) is 0. The third kappa shape index (κ3) is 36.7. The highest BCUT2D eigenvalue weighted by atomic mass is 31.2. The Labute approximate surface area is 73.4 Å². The molecule has 0 heterocycles. The predicted molar refractivity (Wildman–Crippen MR) is 43.4 cm³/mol. The molecule has 0 aliphatic heterocycles. The number of amides is 4. The Morgan fingerprint density at radius 3 is 1.62 bits per heavy atom. The molecule has 0 fully saturated rings. The van der Waals surface area contributed by atoms with Gasteiger partial charge in [-0.05, 0) is 0 Å². The molecule has 0 aliphatic carbocycles. The third-order valence-electron chi connectivity index (χ3n) is 0.459. The molecule has 10 heteroatoms. The van der Waals surface area contributed by atoms with Crippen LogP contribution in [-0.2, 0) is 4.57 Å². The summed E-state index contributed by atoms with van der Waals surface area (Å²) in [5.74, 6) is 0. The van der Waals surface area contributed by atoms with Gasteiger partial charge in [-0.25, -0.2) is 9.59 Å². The van der Waals surface area contributed by atoms with Crippen LogP contribution in [0.5, 0.6) is 0 Å². The number of carbonyl (C=O) groups is 2. The highest BCUT2D eigenvalue weighted by Gasteiger charge is 2.11. The van der Waals surface area contributed by atoms with E-state index in [4.69, 9.17) is 14.6 Å². The number of hydrogen-bond donors (Lipinski definition) is 6. The van der Waals surface area contributed by atoms with Crippen molar-refractivity contribution in [1.82, 2.24) is 5.32 Å². The van der Waals surface area contributed by atoms with Gasteiger partial charge in [0.15, 0.2) is 0 Å². The molecule has 0 aliphatic rings. The van der Waals surface area contributed by atoms with Gasteiger partial charge in [-0.1, -0.05) is 0 Å². The van der Waals surface area contributed by atoms with Gasteiger partial charge in [0.2, 0.25) is 0 Å². The summed E-state index contributed by atoms with van der Waals surface area (Å²) in [7, 11) is -4.13. The van der Waals surface area contributed by atoms with Crippen molar-refractivity contribution in [2.24, 2.45) is 17.2 Å². The van der Waals surface area contributed by atoms with Crippen molar-refractivity contribution in [2.45, 2.75) is 0 Å². The molecule has 13 heavy (non-hydrogen) atoms. The van der Waals surface area contributed by atoms with Crippen LogP contribution in [0.4, 0.5) is 9.59 Å². The van der Waals surface area contributed by atoms with E-state index >= 15 is 0 Å². The maximum absolute atomic E-state index is 9.96. The number of urea groups is 2. The fourth-order valence-electron chi connectivity index (χ4n) is 0.181. The van der Waals surface area contributed by atoms with Gasteiger partial charge in [0.1, 0.15) is 6.29 Å². The molecule has 0 saturated heterocycles. The minimum atomic E-state index is -4.13. The van der Waals surface area contributed by atoms with Gasteiger partial charge in [0.25, 0.3) is 0 Å². The van der Waals surface area contributed by atoms with Gasteiger partial charge in [-0.3, -0.25) is 4.57 Å². The van der Waals surface area contributed by atoms with Crippen LogP contribution in [0.25, 0.3) is 0 Å². The summed E-state index contributed by atoms with van der Waals surface area (Å²) in [5, 5.41) is 1.76. The second-order valence-corrected chi connectivity index (χ2v) is 3.41. The first-order valence-electron chi connectivity index (χ1n) is 2.78. The van der Waals surface area contributed by atoms with Crippen molar-refractivity contribution < 1.29 is 23.9 Å². The van der Waals surface area contributed by atoms with Crippen LogP contribution in [0.3, 0.4) is 0 Å². The van der Waals surface area contributed by atoms with Crippen LogP contribution in [0.2, 0.25) is 0 Å². The Hall–Kier alpha value is -1.31. The topological polar surface area (TPSA) is 182 Å². The minimum absolute atomic E-state index is 0.706. The molecule has 9 nitrogen and oxygen atoms in total. The maximum Gasteiger partial charge on any atom is 0.344 e. The molecule has 4 amide bonds. The van der Waals surface area contributed by atoms with Crippen molar-refractivity contribution >= 4 is 19.7 Å². The predicted octanol–water partition coefficient (Wildman–Crippen LogP) is -2.19. The van der Waals surface area contributed by atoms with E-state index in [1.165, 1.54) is 0 Å². The average Bonchev–Trinajstić information content (AvgIpc) is 1.80. The Kier molecular flexibility index (Phi) is 6.82. The smallest absolute Gasteiger partial charge is 0.344 e. The number of primary amides is 3. The summed E-state index contributed by atoms with van der Waals surface area (Å²) in [6.07, 6.45) is -0.706. The second kappa shape index (κ2) is 6.23. The SMILES string of the molecule is NC(=O)NCP(=O)(O)O.NC(N)=O. The van der Waals surface area contributed by atoms with Crippen molar-refractivity contribution in [1.29, 1.82) is 0 Å². The van der Waals surface area contributed by atoms with E-state index < -0.39 is 25.9 Å². The summed E-state index contributed by atoms with van der Waals surface area (Å²) >= 11 is 0. The van der Waals surface area contributed by atoms with E-state index in [1.807, 2.05) is 0 Å². The largest absolute Gasteiger partial charge is 0.352 e. The van der Waals surface area contributed by atoms with Crippen LogP contribution in [0.1, 0.15) is 0 Å². The van der Waals surface area contributed by atoms with E-state index in [2.05, 4.69) is 17.2 Å². The molecule has 0 aromatic rings. The first kappa shape index (κ1) is 14.2. The standard InChI is InChI=1S/C2H7N2O4P.CH4N2O/c3-2(5)4-1-9(6,7)8;2-1(3)4/h1H2,(H3,3,4,5)(H2,6,7,8);(H4,2,3,4). The number of carbonyl (C=O) groups excluding carboxylic acids is 2. The Morgan fingerprint density at radius 1 is 1.23 bits per heavy atom. The second-order valence-electron chi connectivity index (χ2n) is 1.77. The van der Waals surface area contributed by atoms with Crippen molar-refractivity contribution in [3.8, 4) is 0 Å². The molecule has 0 spiro atoms. The Bertz CT molecular complexity index is 220. The molecule has 9 N–H and O–H groups in total. The van der Waals surface area contributed by atoms with Gasteiger partial charge in [-0.2, -0.15) is 0 Å². The lowest BCUT2D eigenvalue weighted by molar-refractivity contribution is 0.249. The van der Waals surface area contributed by atoms with E-state index in [-0.39, 0.29) is 0 Å². The van der Waals surface area contributed by atoms with Gasteiger partial charge >= 0.3 is 19.7 Å². The van der Waals surface area contributed by atoms with Gasteiger partial charge in [-0.15, -0.1) is 0 Å². The molecule has 0 atom stereocenters. The Morgan fingerprint density at radius 2 is 1.54 bits per heavy atom. The molecule has 0 aromatic heterocycles. The van der Waals surface area contributed by atoms with Crippen LogP contribution in [0, 0.1) is 0 Å². The summed E-state index contributed by atoms with van der Waals surface area (Å²) in [6, 6.07) is -1.78. The van der Waals surface area contributed by atoms with Crippen molar-refractivity contribution in [3.63, 3.8) is 0 Å². The fourth-order valence-corrected chi connectivity index (χ4v) is 0.543. The van der Waals surface area contributed by atoms with Crippen LogP contribution in [-0.4, -0.2) is 28.1 Å². The van der Waals surface area contributed by atoms with E-state index in [0.717, 1.165) is 0 Å². The summed E-state index contributed by atoms with van der Waals surface area (Å²) in [5.41, 5.74) is 13.0. The first-order chi connectivity index (χ1) is 5.65. The molecule has 0 unspecified atom stereocenters. The zero-order valence-electron chi connectivity index (χ0n) is 6.51. The zero-order chi connectivity index (χ0) is 11.1. The molecular formula is C3H11N4O5P. The summed E-state index contributed by atoms with van der Waals surface area (Å²) in [4.78, 5) is 35.0. The highest BCUT2D eigenvalue weighted by Crippen LogP contribution is 2.31. The van der Waals surface area contributed by atoms with Crippen LogP contribution in [0.15, 0.2) is 0 Å². The molecule has 0 saturated carbocycles. The maximum atomic E-state index is 9.96. The Balaban J connectivity index is 0. The molecule has 0 radical (unpaired) electrons. The molecular weight excluding hydrogens is 203 g/mol. The summed E-state index contributed by atoms with van der Waals surface area (Å²) < 4.78 is 9.96. The van der Waals surface area contributed by atoms with Crippen LogP contribution < -0.4 is 22.5 Å². The van der Waals surface area contributed by atoms with E-state index in [1.54, 1.807) is 5.32 Å². The van der Waals surface area contributed by atoms with Gasteiger partial charge in [0.05, 0.1) is 0 Å². The third-order valence-corrected chi connectivity index (χ3v) is 1.03. The molecule has 78 valence electrons. The highest BCUT2D eigenvalue weighted by molar-refractivity contribution is 7.51. The monoisotopic (exact) mass is 214 g/mol. The number of rotatable bonds is 2. The normalized spacial score (nSPS) is 9.38. The first-order valence-corrected chi connectivity index (χ1v) is 4.57. The van der Waals surface area contributed by atoms with Crippen LogP contribution >= 0.6 is 7.60 Å². The zero-order valence-corrected chi connectivity index (χ0v) is 7.40. The van der Waals surface area contributed by atoms with Gasteiger partial charge < -0.3 is 32.3 Å².